The molecule has 4 amide bonds. The molecule has 9 heteroatoms. The second-order valence-electron chi connectivity index (χ2n) is 7.13. The van der Waals surface area contributed by atoms with E-state index in [1.165, 1.54) is 4.90 Å². The number of piperazine rings is 1. The number of amides is 4. The number of carbonyl (C=O) groups excluding carboxylic acids is 3. The van der Waals surface area contributed by atoms with Gasteiger partial charge in [-0.3, -0.25) is 14.5 Å². The molecule has 5 rings (SSSR count). The van der Waals surface area contributed by atoms with Crippen molar-refractivity contribution in [3.8, 4) is 11.5 Å². The first kappa shape index (κ1) is 18.0. The Kier molecular flexibility index (Phi) is 4.39. The van der Waals surface area contributed by atoms with Gasteiger partial charge in [0.1, 0.15) is 6.04 Å². The number of imide groups is 1. The summed E-state index contributed by atoms with van der Waals surface area (Å²) < 4.78 is 10.6. The van der Waals surface area contributed by atoms with Crippen molar-refractivity contribution in [3.05, 3.63) is 46.2 Å². The number of hydrogen-bond donors (Lipinski definition) is 0. The average Bonchev–Trinajstić information content (AvgIpc) is 3.47. The largest absolute Gasteiger partial charge is 0.454 e. The Bertz CT molecular complexity index is 977. The molecule has 1 atom stereocenters. The third-order valence-corrected chi connectivity index (χ3v) is 6.41. The Hall–Kier alpha value is -3.07. The summed E-state index contributed by atoms with van der Waals surface area (Å²) in [5, 5.41) is 1.98. The molecule has 2 fully saturated rings. The van der Waals surface area contributed by atoms with Gasteiger partial charge in [0.05, 0.1) is 6.54 Å². The molecule has 3 aliphatic heterocycles. The number of fused-ring (bicyclic) bond motifs is 2. The Morgan fingerprint density at radius 3 is 2.83 bits per heavy atom. The Morgan fingerprint density at radius 1 is 1.14 bits per heavy atom. The van der Waals surface area contributed by atoms with Crippen molar-refractivity contribution < 1.29 is 23.9 Å². The summed E-state index contributed by atoms with van der Waals surface area (Å²) in [6.45, 7) is 1.45. The molecule has 2 saturated heterocycles. The number of hydrogen-bond acceptors (Lipinski definition) is 6. The predicted octanol–water partition coefficient (Wildman–Crippen LogP) is 1.81. The second-order valence-corrected chi connectivity index (χ2v) is 8.16. The fourth-order valence-corrected chi connectivity index (χ4v) is 4.63. The summed E-state index contributed by atoms with van der Waals surface area (Å²) >= 11 is 1.61. The minimum Gasteiger partial charge on any atom is -0.454 e. The van der Waals surface area contributed by atoms with E-state index < -0.39 is 6.04 Å². The molecule has 8 nitrogen and oxygen atoms in total. The lowest BCUT2D eigenvalue weighted by Crippen LogP contribution is -2.54. The highest BCUT2D eigenvalue weighted by Gasteiger charge is 2.48. The van der Waals surface area contributed by atoms with E-state index in [9.17, 15) is 14.4 Å². The maximum Gasteiger partial charge on any atom is 0.327 e. The second kappa shape index (κ2) is 7.07. The SMILES string of the molecule is O=C(c1ccc2c(c1)OCO2)N1CCN2C(=O)N(CCc3cccs3)C(=O)[C@@H]2C1. The molecule has 2 aromatic rings. The van der Waals surface area contributed by atoms with Gasteiger partial charge in [0.15, 0.2) is 11.5 Å². The first-order valence-corrected chi connectivity index (χ1v) is 10.3. The fourth-order valence-electron chi connectivity index (χ4n) is 3.93. The molecule has 0 unspecified atom stereocenters. The number of carbonyl (C=O) groups is 3. The summed E-state index contributed by atoms with van der Waals surface area (Å²) in [6.07, 6.45) is 0.648. The zero-order valence-electron chi connectivity index (χ0n) is 15.6. The Labute approximate surface area is 171 Å². The molecule has 3 aliphatic rings. The van der Waals surface area contributed by atoms with Crippen LogP contribution in [0.1, 0.15) is 15.2 Å². The maximum atomic E-state index is 12.9. The summed E-state index contributed by atoms with van der Waals surface area (Å²) in [7, 11) is 0. The van der Waals surface area contributed by atoms with Crippen LogP contribution in [0.3, 0.4) is 0 Å². The van der Waals surface area contributed by atoms with Crippen molar-refractivity contribution in [2.45, 2.75) is 12.5 Å². The summed E-state index contributed by atoms with van der Waals surface area (Å²) in [5.41, 5.74) is 0.481. The van der Waals surface area contributed by atoms with Crippen molar-refractivity contribution in [2.24, 2.45) is 0 Å². The molecule has 0 bridgehead atoms. The van der Waals surface area contributed by atoms with Crippen LogP contribution in [0.5, 0.6) is 11.5 Å². The van der Waals surface area contributed by atoms with Crippen LogP contribution in [0, 0.1) is 0 Å². The third kappa shape index (κ3) is 3.11. The van der Waals surface area contributed by atoms with Crippen molar-refractivity contribution in [1.29, 1.82) is 0 Å². The molecule has 0 N–H and O–H groups in total. The van der Waals surface area contributed by atoms with Gasteiger partial charge in [0.2, 0.25) is 6.79 Å². The lowest BCUT2D eigenvalue weighted by atomic mass is 10.1. The zero-order chi connectivity index (χ0) is 20.0. The van der Waals surface area contributed by atoms with Gasteiger partial charge in [-0.05, 0) is 36.1 Å². The van der Waals surface area contributed by atoms with Gasteiger partial charge in [-0.25, -0.2) is 4.79 Å². The number of thiophene rings is 1. The number of benzene rings is 1. The van der Waals surface area contributed by atoms with E-state index in [0.717, 1.165) is 4.88 Å². The van der Waals surface area contributed by atoms with Gasteiger partial charge in [0.25, 0.3) is 11.8 Å². The summed E-state index contributed by atoms with van der Waals surface area (Å²) in [6, 6.07) is 8.14. The van der Waals surface area contributed by atoms with Gasteiger partial charge in [-0.15, -0.1) is 11.3 Å². The monoisotopic (exact) mass is 413 g/mol. The van der Waals surface area contributed by atoms with Gasteiger partial charge < -0.3 is 19.3 Å². The van der Waals surface area contributed by atoms with E-state index >= 15 is 0 Å². The molecule has 0 radical (unpaired) electrons. The molecular formula is C20H19N3O5S. The Balaban J connectivity index is 1.28. The molecule has 29 heavy (non-hydrogen) atoms. The van der Waals surface area contributed by atoms with Gasteiger partial charge in [-0.2, -0.15) is 0 Å². The molecule has 150 valence electrons. The maximum absolute atomic E-state index is 12.9. The highest BCUT2D eigenvalue weighted by Crippen LogP contribution is 2.33. The standard InChI is InChI=1S/C20H19N3O5S/c24-18(13-3-4-16-17(10-13)28-12-27-16)21-7-8-22-15(11-21)19(25)23(20(22)26)6-5-14-2-1-9-29-14/h1-4,9-10,15H,5-8,11-12H2/t15-/m0/s1. The number of ether oxygens (including phenoxy) is 2. The summed E-state index contributed by atoms with van der Waals surface area (Å²) in [5.74, 6) is 0.751. The first-order valence-electron chi connectivity index (χ1n) is 9.45. The first-order chi connectivity index (χ1) is 14.1. The quantitative estimate of drug-likeness (QED) is 0.715. The van der Waals surface area contributed by atoms with E-state index in [0.29, 0.717) is 43.1 Å². The van der Waals surface area contributed by atoms with E-state index in [4.69, 9.17) is 9.47 Å². The van der Waals surface area contributed by atoms with Crippen LogP contribution in [0.25, 0.3) is 0 Å². The van der Waals surface area contributed by atoms with Crippen LogP contribution in [0.4, 0.5) is 4.79 Å². The average molecular weight is 413 g/mol. The van der Waals surface area contributed by atoms with E-state index in [1.54, 1.807) is 39.3 Å². The highest BCUT2D eigenvalue weighted by molar-refractivity contribution is 7.09. The predicted molar refractivity (Wildman–Crippen MR) is 104 cm³/mol. The van der Waals surface area contributed by atoms with Crippen LogP contribution in [-0.2, 0) is 11.2 Å². The minimum atomic E-state index is -0.613. The van der Waals surface area contributed by atoms with Crippen molar-refractivity contribution in [1.82, 2.24) is 14.7 Å². The molecule has 0 aliphatic carbocycles. The highest BCUT2D eigenvalue weighted by atomic mass is 32.1. The molecule has 1 aromatic carbocycles. The smallest absolute Gasteiger partial charge is 0.327 e. The molecule has 0 saturated carbocycles. The van der Waals surface area contributed by atoms with Crippen molar-refractivity contribution in [3.63, 3.8) is 0 Å². The van der Waals surface area contributed by atoms with E-state index in [1.807, 2.05) is 17.5 Å². The number of urea groups is 1. The van der Waals surface area contributed by atoms with Crippen molar-refractivity contribution in [2.75, 3.05) is 33.0 Å². The van der Waals surface area contributed by atoms with Crippen LogP contribution < -0.4 is 9.47 Å². The lowest BCUT2D eigenvalue weighted by Gasteiger charge is -2.35. The minimum absolute atomic E-state index is 0.144. The van der Waals surface area contributed by atoms with Gasteiger partial charge in [0, 0.05) is 30.1 Å². The molecular weight excluding hydrogens is 394 g/mol. The lowest BCUT2D eigenvalue weighted by molar-refractivity contribution is -0.129. The van der Waals surface area contributed by atoms with Crippen LogP contribution in [-0.4, -0.2) is 71.6 Å². The normalized spacial score (nSPS) is 20.4. The van der Waals surface area contributed by atoms with Crippen LogP contribution in [0.2, 0.25) is 0 Å². The third-order valence-electron chi connectivity index (χ3n) is 5.48. The number of rotatable bonds is 4. The topological polar surface area (TPSA) is 79.4 Å². The van der Waals surface area contributed by atoms with E-state index in [2.05, 4.69) is 0 Å². The van der Waals surface area contributed by atoms with Crippen LogP contribution >= 0.6 is 11.3 Å². The molecule has 4 heterocycles. The van der Waals surface area contributed by atoms with Gasteiger partial charge in [-0.1, -0.05) is 6.07 Å². The Morgan fingerprint density at radius 2 is 2.00 bits per heavy atom. The zero-order valence-corrected chi connectivity index (χ0v) is 16.4. The molecule has 0 spiro atoms. The number of nitrogens with zero attached hydrogens (tertiary/aromatic N) is 3. The van der Waals surface area contributed by atoms with Crippen molar-refractivity contribution >= 4 is 29.2 Å². The van der Waals surface area contributed by atoms with E-state index in [-0.39, 0.29) is 31.2 Å². The van der Waals surface area contributed by atoms with Gasteiger partial charge >= 0.3 is 6.03 Å². The van der Waals surface area contributed by atoms with Crippen LogP contribution in [0.15, 0.2) is 35.7 Å². The molecule has 1 aromatic heterocycles. The summed E-state index contributed by atoms with van der Waals surface area (Å²) in [4.78, 5) is 44.2. The fraction of sp³-hybridized carbons (Fsp3) is 0.350.